The van der Waals surface area contributed by atoms with Gasteiger partial charge in [0.25, 0.3) is 5.91 Å². The van der Waals surface area contributed by atoms with Crippen molar-refractivity contribution in [2.24, 2.45) is 0 Å². The average Bonchev–Trinajstić information content (AvgIpc) is 2.98. The zero-order valence-corrected chi connectivity index (χ0v) is 12.5. The molecule has 1 atom stereocenters. The second kappa shape index (κ2) is 5.50. The molecular formula is C16H19NO4. The van der Waals surface area contributed by atoms with Gasteiger partial charge in [0.15, 0.2) is 6.29 Å². The van der Waals surface area contributed by atoms with Gasteiger partial charge in [0.2, 0.25) is 0 Å². The van der Waals surface area contributed by atoms with Crippen molar-refractivity contribution in [2.75, 3.05) is 25.2 Å². The number of hydrogen-bond acceptors (Lipinski definition) is 4. The Morgan fingerprint density at radius 1 is 1.19 bits per heavy atom. The highest BCUT2D eigenvalue weighted by Crippen LogP contribution is 2.38. The molecule has 2 aliphatic heterocycles. The highest BCUT2D eigenvalue weighted by Gasteiger charge is 2.50. The highest BCUT2D eigenvalue weighted by molar-refractivity contribution is 6.15. The Bertz CT molecular complexity index is 568. The average molecular weight is 289 g/mol. The van der Waals surface area contributed by atoms with Gasteiger partial charge in [0.1, 0.15) is 11.8 Å². The molecule has 2 saturated heterocycles. The summed E-state index contributed by atoms with van der Waals surface area (Å²) in [5, 5.41) is 0. The third-order valence-corrected chi connectivity index (χ3v) is 3.82. The second-order valence-corrected chi connectivity index (χ2v) is 5.34. The number of hydrogen-bond donors (Lipinski definition) is 0. The van der Waals surface area contributed by atoms with Crippen LogP contribution in [0.2, 0.25) is 0 Å². The molecule has 21 heavy (non-hydrogen) atoms. The van der Waals surface area contributed by atoms with Crippen LogP contribution in [-0.2, 0) is 14.3 Å². The van der Waals surface area contributed by atoms with Crippen LogP contribution in [0.1, 0.15) is 13.8 Å². The molecular weight excluding hydrogens is 270 g/mol. The number of carbonyl (C=O) groups excluding carboxylic acids is 1. The lowest BCUT2D eigenvalue weighted by atomic mass is 9.89. The van der Waals surface area contributed by atoms with Crippen molar-refractivity contribution in [3.8, 4) is 5.75 Å². The molecule has 2 aliphatic rings. The number of carbonyl (C=O) groups is 1. The van der Waals surface area contributed by atoms with E-state index < -0.39 is 0 Å². The van der Waals surface area contributed by atoms with Crippen molar-refractivity contribution in [3.05, 3.63) is 35.4 Å². The number of β-lactam (4-membered cyclic amide) rings is 1. The van der Waals surface area contributed by atoms with E-state index in [9.17, 15) is 4.79 Å². The number of amides is 1. The molecule has 0 saturated carbocycles. The summed E-state index contributed by atoms with van der Waals surface area (Å²) in [6.07, 6.45) is -0.380. The minimum absolute atomic E-state index is 0.0178. The van der Waals surface area contributed by atoms with Gasteiger partial charge in [-0.3, -0.25) is 9.69 Å². The van der Waals surface area contributed by atoms with E-state index in [4.69, 9.17) is 14.2 Å². The first-order valence-electron chi connectivity index (χ1n) is 7.01. The Balaban J connectivity index is 1.92. The van der Waals surface area contributed by atoms with Crippen LogP contribution in [0.15, 0.2) is 35.4 Å². The SMILES string of the molecule is COc1ccc(N2C(=O)C(=C(C)C)C2C2OCCO2)cc1. The van der Waals surface area contributed by atoms with Crippen LogP contribution >= 0.6 is 0 Å². The van der Waals surface area contributed by atoms with Crippen molar-refractivity contribution in [1.29, 1.82) is 0 Å². The van der Waals surface area contributed by atoms with E-state index in [0.717, 1.165) is 22.6 Å². The Morgan fingerprint density at radius 3 is 2.33 bits per heavy atom. The normalized spacial score (nSPS) is 22.4. The molecule has 0 aliphatic carbocycles. The van der Waals surface area contributed by atoms with Gasteiger partial charge in [-0.1, -0.05) is 5.57 Å². The fourth-order valence-electron chi connectivity index (χ4n) is 2.79. The Labute approximate surface area is 124 Å². The molecule has 0 bridgehead atoms. The van der Waals surface area contributed by atoms with E-state index in [1.54, 1.807) is 12.0 Å². The fraction of sp³-hybridized carbons (Fsp3) is 0.438. The van der Waals surface area contributed by atoms with E-state index in [1.165, 1.54) is 0 Å². The molecule has 1 unspecified atom stereocenters. The van der Waals surface area contributed by atoms with Crippen LogP contribution in [0.25, 0.3) is 0 Å². The monoisotopic (exact) mass is 289 g/mol. The number of methoxy groups -OCH3 is 1. The molecule has 0 aromatic heterocycles. The smallest absolute Gasteiger partial charge is 0.257 e. The fourth-order valence-corrected chi connectivity index (χ4v) is 2.79. The van der Waals surface area contributed by atoms with Gasteiger partial charge >= 0.3 is 0 Å². The van der Waals surface area contributed by atoms with E-state index in [-0.39, 0.29) is 18.2 Å². The number of rotatable bonds is 3. The van der Waals surface area contributed by atoms with Crippen molar-refractivity contribution in [3.63, 3.8) is 0 Å². The molecule has 3 rings (SSSR count). The number of ether oxygens (including phenoxy) is 3. The zero-order chi connectivity index (χ0) is 15.0. The summed E-state index contributed by atoms with van der Waals surface area (Å²) in [6.45, 7) is 5.03. The Hall–Kier alpha value is -1.85. The first kappa shape index (κ1) is 14.1. The number of nitrogens with zero attached hydrogens (tertiary/aromatic N) is 1. The number of anilines is 1. The summed E-state index contributed by atoms with van der Waals surface area (Å²) in [4.78, 5) is 14.2. The summed E-state index contributed by atoms with van der Waals surface area (Å²) in [7, 11) is 1.62. The van der Waals surface area contributed by atoms with Crippen LogP contribution < -0.4 is 9.64 Å². The summed E-state index contributed by atoms with van der Waals surface area (Å²) >= 11 is 0. The molecule has 0 spiro atoms. The maximum Gasteiger partial charge on any atom is 0.257 e. The van der Waals surface area contributed by atoms with Gasteiger partial charge in [-0.05, 0) is 38.1 Å². The van der Waals surface area contributed by atoms with Gasteiger partial charge in [-0.15, -0.1) is 0 Å². The maximum absolute atomic E-state index is 12.5. The lowest BCUT2D eigenvalue weighted by Crippen LogP contribution is -2.61. The molecule has 5 nitrogen and oxygen atoms in total. The van der Waals surface area contributed by atoms with Crippen LogP contribution in [0.4, 0.5) is 5.69 Å². The van der Waals surface area contributed by atoms with Crippen LogP contribution in [-0.4, -0.2) is 38.6 Å². The van der Waals surface area contributed by atoms with Crippen molar-refractivity contribution in [2.45, 2.75) is 26.2 Å². The molecule has 5 heteroatoms. The topological polar surface area (TPSA) is 48.0 Å². The van der Waals surface area contributed by atoms with Crippen LogP contribution in [0, 0.1) is 0 Å². The minimum Gasteiger partial charge on any atom is -0.497 e. The first-order valence-corrected chi connectivity index (χ1v) is 7.01. The maximum atomic E-state index is 12.5. The van der Waals surface area contributed by atoms with Crippen LogP contribution in [0.3, 0.4) is 0 Å². The standard InChI is InChI=1S/C16H19NO4/c1-10(2)13-14(16-20-8-9-21-16)17(15(13)18)11-4-6-12(19-3)7-5-11/h4-7,14,16H,8-9H2,1-3H3. The predicted octanol–water partition coefficient (Wildman–Crippen LogP) is 2.12. The molecule has 0 radical (unpaired) electrons. The largest absolute Gasteiger partial charge is 0.497 e. The van der Waals surface area contributed by atoms with E-state index in [1.807, 2.05) is 38.1 Å². The third-order valence-electron chi connectivity index (χ3n) is 3.82. The lowest BCUT2D eigenvalue weighted by molar-refractivity contribution is -0.126. The number of allylic oxidation sites excluding steroid dienone is 1. The van der Waals surface area contributed by atoms with Crippen LogP contribution in [0.5, 0.6) is 5.75 Å². The summed E-state index contributed by atoms with van der Waals surface area (Å²) in [5.74, 6) is 0.781. The van der Waals surface area contributed by atoms with Crippen molar-refractivity contribution < 1.29 is 19.0 Å². The quantitative estimate of drug-likeness (QED) is 0.632. The summed E-state index contributed by atoms with van der Waals surface area (Å²) in [5.41, 5.74) is 2.63. The first-order chi connectivity index (χ1) is 10.1. The van der Waals surface area contributed by atoms with Gasteiger partial charge in [0, 0.05) is 11.3 Å². The summed E-state index contributed by atoms with van der Waals surface area (Å²) in [6, 6.07) is 7.27. The predicted molar refractivity (Wildman–Crippen MR) is 78.3 cm³/mol. The van der Waals surface area contributed by atoms with Gasteiger partial charge in [-0.25, -0.2) is 0 Å². The van der Waals surface area contributed by atoms with Crippen molar-refractivity contribution in [1.82, 2.24) is 0 Å². The Kier molecular flexibility index (Phi) is 3.69. The summed E-state index contributed by atoms with van der Waals surface area (Å²) < 4.78 is 16.4. The molecule has 0 N–H and O–H groups in total. The molecule has 1 aromatic rings. The zero-order valence-electron chi connectivity index (χ0n) is 12.5. The van der Waals surface area contributed by atoms with Gasteiger partial charge in [0.05, 0.1) is 20.3 Å². The number of benzene rings is 1. The lowest BCUT2D eigenvalue weighted by Gasteiger charge is -2.45. The Morgan fingerprint density at radius 2 is 1.81 bits per heavy atom. The van der Waals surface area contributed by atoms with Gasteiger partial charge < -0.3 is 14.2 Å². The van der Waals surface area contributed by atoms with Gasteiger partial charge in [-0.2, -0.15) is 0 Å². The minimum atomic E-state index is -0.380. The molecule has 1 amide bonds. The van der Waals surface area contributed by atoms with E-state index in [0.29, 0.717) is 13.2 Å². The molecule has 112 valence electrons. The van der Waals surface area contributed by atoms with Crippen molar-refractivity contribution >= 4 is 11.6 Å². The molecule has 2 heterocycles. The van der Waals surface area contributed by atoms with E-state index in [2.05, 4.69) is 0 Å². The second-order valence-electron chi connectivity index (χ2n) is 5.34. The molecule has 1 aromatic carbocycles. The molecule has 2 fully saturated rings. The van der Waals surface area contributed by atoms with E-state index >= 15 is 0 Å². The third kappa shape index (κ3) is 2.32. The highest BCUT2D eigenvalue weighted by atomic mass is 16.7.